The number of piperidine rings is 1. The number of nitrogens with zero attached hydrogens (tertiary/aromatic N) is 1. The van der Waals surface area contributed by atoms with Gasteiger partial charge in [-0.25, -0.2) is 4.79 Å². The average Bonchev–Trinajstić information content (AvgIpc) is 2.64. The molecule has 3 aliphatic rings. The Bertz CT molecular complexity index is 446. The lowest BCUT2D eigenvalue weighted by atomic mass is 9.95. The van der Waals surface area contributed by atoms with Crippen LogP contribution < -0.4 is 16.0 Å². The summed E-state index contributed by atoms with van der Waals surface area (Å²) in [6, 6.07) is 0.718. The molecular weight excluding hydrogens is 356 g/mol. The largest absolute Gasteiger partial charge is 0.378 e. The Morgan fingerprint density at radius 3 is 2.35 bits per heavy atom. The molecule has 2 saturated heterocycles. The van der Waals surface area contributed by atoms with Crippen LogP contribution in [0.1, 0.15) is 51.4 Å². The van der Waals surface area contributed by atoms with Crippen LogP contribution in [0.25, 0.3) is 0 Å². The molecule has 1 aliphatic carbocycles. The second-order valence-electron chi connectivity index (χ2n) is 7.54. The molecule has 26 heavy (non-hydrogen) atoms. The molecule has 0 aromatic rings. The molecule has 1 saturated carbocycles. The lowest BCUT2D eigenvalue weighted by Gasteiger charge is -2.34. The summed E-state index contributed by atoms with van der Waals surface area (Å²) in [5, 5.41) is 9.59. The van der Waals surface area contributed by atoms with Crippen molar-refractivity contribution in [1.29, 1.82) is 0 Å². The first-order chi connectivity index (χ1) is 12.2. The molecule has 0 radical (unpaired) electrons. The van der Waals surface area contributed by atoms with Gasteiger partial charge in [-0.2, -0.15) is 0 Å². The van der Waals surface area contributed by atoms with Gasteiger partial charge in [0.15, 0.2) is 0 Å². The minimum absolute atomic E-state index is 0. The Hall–Kier alpha value is -1.05. The van der Waals surface area contributed by atoms with Gasteiger partial charge in [0.2, 0.25) is 5.91 Å². The molecule has 0 aromatic heterocycles. The topological polar surface area (TPSA) is 82.7 Å². The molecule has 0 bridgehead atoms. The van der Waals surface area contributed by atoms with Crippen molar-refractivity contribution in [1.82, 2.24) is 20.9 Å². The van der Waals surface area contributed by atoms with E-state index in [4.69, 9.17) is 4.74 Å². The molecule has 7 nitrogen and oxygen atoms in total. The Morgan fingerprint density at radius 2 is 1.69 bits per heavy atom. The summed E-state index contributed by atoms with van der Waals surface area (Å²) < 4.78 is 5.38. The number of nitrogens with one attached hydrogen (secondary N) is 3. The quantitative estimate of drug-likeness (QED) is 0.680. The standard InChI is InChI=1S/C18H32N4O3.ClH/c23-17(12-16-13-25-11-8-19-16)20-15-6-9-22(10-7-15)18(24)21-14-4-2-1-3-5-14;/h14-16,19H,1-13H2,(H,20,23)(H,21,24);1H. The van der Waals surface area contributed by atoms with Gasteiger partial charge in [-0.05, 0) is 25.7 Å². The Balaban J connectivity index is 0.00000243. The Labute approximate surface area is 162 Å². The van der Waals surface area contributed by atoms with E-state index in [2.05, 4.69) is 16.0 Å². The highest BCUT2D eigenvalue weighted by molar-refractivity contribution is 5.85. The van der Waals surface area contributed by atoms with Gasteiger partial charge in [0.05, 0.1) is 13.2 Å². The third kappa shape index (κ3) is 6.59. The van der Waals surface area contributed by atoms with Gasteiger partial charge in [0.25, 0.3) is 0 Å². The van der Waals surface area contributed by atoms with Crippen LogP contribution in [0.3, 0.4) is 0 Å². The van der Waals surface area contributed by atoms with Gasteiger partial charge >= 0.3 is 6.03 Å². The van der Waals surface area contributed by atoms with Crippen LogP contribution in [-0.4, -0.2) is 67.8 Å². The highest BCUT2D eigenvalue weighted by Crippen LogP contribution is 2.18. The van der Waals surface area contributed by atoms with Crippen LogP contribution in [0.5, 0.6) is 0 Å². The van der Waals surface area contributed by atoms with Crippen molar-refractivity contribution < 1.29 is 14.3 Å². The average molecular weight is 389 g/mol. The Morgan fingerprint density at radius 1 is 1.00 bits per heavy atom. The van der Waals surface area contributed by atoms with Crippen LogP contribution in [0, 0.1) is 0 Å². The van der Waals surface area contributed by atoms with Gasteiger partial charge in [-0.3, -0.25) is 4.79 Å². The first kappa shape index (κ1) is 21.3. The van der Waals surface area contributed by atoms with E-state index in [9.17, 15) is 9.59 Å². The van der Waals surface area contributed by atoms with Crippen molar-refractivity contribution >= 4 is 24.3 Å². The van der Waals surface area contributed by atoms with E-state index in [0.717, 1.165) is 38.8 Å². The monoisotopic (exact) mass is 388 g/mol. The van der Waals surface area contributed by atoms with Crippen molar-refractivity contribution in [3.05, 3.63) is 0 Å². The number of rotatable bonds is 4. The number of amides is 3. The number of urea groups is 1. The summed E-state index contributed by atoms with van der Waals surface area (Å²) in [6.45, 7) is 3.57. The number of hydrogen-bond donors (Lipinski definition) is 3. The minimum Gasteiger partial charge on any atom is -0.378 e. The predicted molar refractivity (Wildman–Crippen MR) is 103 cm³/mol. The number of carbonyl (C=O) groups excluding carboxylic acids is 2. The van der Waals surface area contributed by atoms with E-state index in [1.165, 1.54) is 19.3 Å². The van der Waals surface area contributed by atoms with E-state index in [-0.39, 0.29) is 36.4 Å². The molecule has 2 heterocycles. The first-order valence-corrected chi connectivity index (χ1v) is 9.86. The lowest BCUT2D eigenvalue weighted by Crippen LogP contribution is -2.52. The highest BCUT2D eigenvalue weighted by Gasteiger charge is 2.26. The normalized spacial score (nSPS) is 25.2. The summed E-state index contributed by atoms with van der Waals surface area (Å²) in [4.78, 5) is 26.4. The molecule has 0 spiro atoms. The highest BCUT2D eigenvalue weighted by atomic mass is 35.5. The van der Waals surface area contributed by atoms with Gasteiger partial charge in [-0.15, -0.1) is 12.4 Å². The second-order valence-corrected chi connectivity index (χ2v) is 7.54. The van der Waals surface area contributed by atoms with Crippen LogP contribution in [0.15, 0.2) is 0 Å². The fourth-order valence-electron chi connectivity index (χ4n) is 4.00. The van der Waals surface area contributed by atoms with Crippen LogP contribution in [0.4, 0.5) is 4.79 Å². The molecule has 2 aliphatic heterocycles. The summed E-state index contributed by atoms with van der Waals surface area (Å²) >= 11 is 0. The van der Waals surface area contributed by atoms with E-state index < -0.39 is 0 Å². The zero-order valence-corrected chi connectivity index (χ0v) is 16.3. The van der Waals surface area contributed by atoms with Crippen molar-refractivity contribution in [2.24, 2.45) is 0 Å². The maximum Gasteiger partial charge on any atom is 0.317 e. The van der Waals surface area contributed by atoms with Gasteiger partial charge < -0.3 is 25.6 Å². The van der Waals surface area contributed by atoms with Crippen molar-refractivity contribution in [2.75, 3.05) is 32.8 Å². The van der Waals surface area contributed by atoms with Crippen LogP contribution in [-0.2, 0) is 9.53 Å². The number of morpholine rings is 1. The fraction of sp³-hybridized carbons (Fsp3) is 0.889. The number of ether oxygens (including phenoxy) is 1. The molecule has 1 atom stereocenters. The third-order valence-electron chi connectivity index (χ3n) is 5.51. The molecule has 1 unspecified atom stereocenters. The van der Waals surface area contributed by atoms with Gasteiger partial charge in [0, 0.05) is 44.2 Å². The molecule has 8 heteroatoms. The SMILES string of the molecule is Cl.O=C(CC1COCCN1)NC1CCN(C(=O)NC2CCCCC2)CC1. The molecule has 3 N–H and O–H groups in total. The van der Waals surface area contributed by atoms with E-state index in [0.29, 0.717) is 32.2 Å². The molecule has 3 rings (SSSR count). The summed E-state index contributed by atoms with van der Waals surface area (Å²) in [7, 11) is 0. The van der Waals surface area contributed by atoms with Crippen molar-refractivity contribution in [3.63, 3.8) is 0 Å². The molecule has 0 aromatic carbocycles. The summed E-state index contributed by atoms with van der Waals surface area (Å²) in [5.74, 6) is 0.0770. The first-order valence-electron chi connectivity index (χ1n) is 9.86. The third-order valence-corrected chi connectivity index (χ3v) is 5.51. The maximum absolute atomic E-state index is 12.4. The minimum atomic E-state index is 0. The Kier molecular flexibility index (Phi) is 8.95. The number of halogens is 1. The van der Waals surface area contributed by atoms with E-state index in [1.54, 1.807) is 0 Å². The van der Waals surface area contributed by atoms with Gasteiger partial charge in [-0.1, -0.05) is 19.3 Å². The van der Waals surface area contributed by atoms with Crippen LogP contribution in [0.2, 0.25) is 0 Å². The number of carbonyl (C=O) groups is 2. The molecule has 3 amide bonds. The number of hydrogen-bond acceptors (Lipinski definition) is 4. The van der Waals surface area contributed by atoms with Crippen LogP contribution >= 0.6 is 12.4 Å². The number of likely N-dealkylation sites (tertiary alicyclic amines) is 1. The molecule has 3 fully saturated rings. The smallest absolute Gasteiger partial charge is 0.317 e. The van der Waals surface area contributed by atoms with E-state index >= 15 is 0 Å². The fourth-order valence-corrected chi connectivity index (χ4v) is 4.00. The molecular formula is C18H33ClN4O3. The summed E-state index contributed by atoms with van der Waals surface area (Å²) in [6.07, 6.45) is 8.08. The second kappa shape index (κ2) is 10.9. The predicted octanol–water partition coefficient (Wildman–Crippen LogP) is 1.41. The lowest BCUT2D eigenvalue weighted by molar-refractivity contribution is -0.123. The van der Waals surface area contributed by atoms with Crippen molar-refractivity contribution in [3.8, 4) is 0 Å². The molecule has 150 valence electrons. The zero-order valence-electron chi connectivity index (χ0n) is 15.5. The maximum atomic E-state index is 12.4. The summed E-state index contributed by atoms with van der Waals surface area (Å²) in [5.41, 5.74) is 0. The van der Waals surface area contributed by atoms with E-state index in [1.807, 2.05) is 4.90 Å². The van der Waals surface area contributed by atoms with Gasteiger partial charge in [0.1, 0.15) is 0 Å². The zero-order chi connectivity index (χ0) is 17.5. The van der Waals surface area contributed by atoms with Crippen molar-refractivity contribution in [2.45, 2.75) is 69.5 Å².